The van der Waals surface area contributed by atoms with Crippen molar-refractivity contribution in [3.05, 3.63) is 101 Å². The number of amides is 2. The molecule has 5 nitrogen and oxygen atoms in total. The molecular weight excluding hydrogens is 412 g/mol. The van der Waals surface area contributed by atoms with E-state index >= 15 is 0 Å². The molecule has 3 aromatic rings. The van der Waals surface area contributed by atoms with Gasteiger partial charge in [0.15, 0.2) is 0 Å². The fourth-order valence-electron chi connectivity index (χ4n) is 3.91. The van der Waals surface area contributed by atoms with Crippen molar-refractivity contribution >= 4 is 23.1 Å². The molecule has 5 heteroatoms. The predicted octanol–water partition coefficient (Wildman–Crippen LogP) is 5.38. The number of hydrogen-bond acceptors (Lipinski definition) is 4. The second kappa shape index (κ2) is 8.94. The van der Waals surface area contributed by atoms with Crippen molar-refractivity contribution in [3.8, 4) is 5.75 Å². The summed E-state index contributed by atoms with van der Waals surface area (Å²) in [6.07, 6.45) is 0. The van der Waals surface area contributed by atoms with E-state index in [4.69, 9.17) is 4.74 Å². The molecule has 0 unspecified atom stereocenters. The van der Waals surface area contributed by atoms with Gasteiger partial charge in [-0.1, -0.05) is 81.4 Å². The maximum absolute atomic E-state index is 13.5. The molecule has 0 atom stereocenters. The molecule has 0 bridgehead atoms. The summed E-state index contributed by atoms with van der Waals surface area (Å²) >= 11 is 0. The van der Waals surface area contributed by atoms with Crippen LogP contribution in [0.15, 0.2) is 84.6 Å². The summed E-state index contributed by atoms with van der Waals surface area (Å²) in [7, 11) is 1.58. The Morgan fingerprint density at radius 3 is 2.09 bits per heavy atom. The van der Waals surface area contributed by atoms with E-state index in [9.17, 15) is 9.59 Å². The van der Waals surface area contributed by atoms with Gasteiger partial charge in [-0.2, -0.15) is 0 Å². The Labute approximate surface area is 194 Å². The first kappa shape index (κ1) is 22.3. The fourth-order valence-corrected chi connectivity index (χ4v) is 3.91. The van der Waals surface area contributed by atoms with E-state index < -0.39 is 0 Å². The highest BCUT2D eigenvalue weighted by Crippen LogP contribution is 2.33. The van der Waals surface area contributed by atoms with Crippen LogP contribution in [-0.2, 0) is 21.5 Å². The molecule has 33 heavy (non-hydrogen) atoms. The van der Waals surface area contributed by atoms with E-state index in [2.05, 4.69) is 26.1 Å². The van der Waals surface area contributed by atoms with Crippen molar-refractivity contribution in [1.82, 2.24) is 4.90 Å². The molecule has 0 fully saturated rings. The molecule has 0 saturated carbocycles. The lowest BCUT2D eigenvalue weighted by atomic mass is 9.87. The first-order chi connectivity index (χ1) is 15.8. The molecule has 1 N–H and O–H groups in total. The van der Waals surface area contributed by atoms with E-state index in [-0.39, 0.29) is 29.5 Å². The number of hydrogen-bond donors (Lipinski definition) is 1. The van der Waals surface area contributed by atoms with Crippen LogP contribution in [0.5, 0.6) is 5.75 Å². The van der Waals surface area contributed by atoms with Crippen molar-refractivity contribution in [2.45, 2.75) is 32.7 Å². The van der Waals surface area contributed by atoms with Gasteiger partial charge in [-0.05, 0) is 34.7 Å². The highest BCUT2D eigenvalue weighted by Gasteiger charge is 2.39. The summed E-state index contributed by atoms with van der Waals surface area (Å²) in [5.41, 5.74) is 4.10. The summed E-state index contributed by atoms with van der Waals surface area (Å²) in [5.74, 6) is -0.0471. The van der Waals surface area contributed by atoms with Gasteiger partial charge in [0, 0.05) is 11.3 Å². The molecule has 0 aromatic heterocycles. The average Bonchev–Trinajstić information content (AvgIpc) is 3.04. The summed E-state index contributed by atoms with van der Waals surface area (Å²) in [6.45, 7) is 6.59. The molecule has 1 aliphatic heterocycles. The van der Waals surface area contributed by atoms with Crippen LogP contribution < -0.4 is 10.1 Å². The van der Waals surface area contributed by atoms with Gasteiger partial charge in [0.25, 0.3) is 11.8 Å². The lowest BCUT2D eigenvalue weighted by Crippen LogP contribution is -2.32. The molecule has 0 aliphatic carbocycles. The third kappa shape index (κ3) is 4.53. The van der Waals surface area contributed by atoms with E-state index in [1.165, 1.54) is 10.5 Å². The van der Waals surface area contributed by atoms with Crippen LogP contribution in [0.25, 0.3) is 5.57 Å². The zero-order valence-electron chi connectivity index (χ0n) is 19.4. The van der Waals surface area contributed by atoms with Crippen LogP contribution in [0.3, 0.4) is 0 Å². The van der Waals surface area contributed by atoms with Crippen LogP contribution in [0.1, 0.15) is 37.5 Å². The Morgan fingerprint density at radius 1 is 0.818 bits per heavy atom. The first-order valence-corrected chi connectivity index (χ1v) is 10.9. The highest BCUT2D eigenvalue weighted by atomic mass is 16.5. The van der Waals surface area contributed by atoms with E-state index in [0.717, 1.165) is 11.3 Å². The summed E-state index contributed by atoms with van der Waals surface area (Å²) in [5, 5.41) is 3.23. The molecule has 2 amide bonds. The van der Waals surface area contributed by atoms with Crippen molar-refractivity contribution in [1.29, 1.82) is 0 Å². The Morgan fingerprint density at radius 2 is 1.45 bits per heavy atom. The minimum atomic E-state index is -0.357. The molecule has 168 valence electrons. The van der Waals surface area contributed by atoms with Gasteiger partial charge in [-0.25, -0.2) is 0 Å². The molecule has 3 aromatic carbocycles. The molecule has 4 rings (SSSR count). The lowest BCUT2D eigenvalue weighted by molar-refractivity contribution is -0.137. The van der Waals surface area contributed by atoms with Gasteiger partial charge in [0.2, 0.25) is 0 Å². The fraction of sp³-hybridized carbons (Fsp3) is 0.214. The maximum atomic E-state index is 13.5. The van der Waals surface area contributed by atoms with Crippen LogP contribution >= 0.6 is 0 Å². The second-order valence-corrected chi connectivity index (χ2v) is 9.08. The monoisotopic (exact) mass is 440 g/mol. The Hall–Kier alpha value is -3.86. The highest BCUT2D eigenvalue weighted by molar-refractivity contribution is 6.36. The third-order valence-electron chi connectivity index (χ3n) is 5.77. The Balaban J connectivity index is 1.70. The van der Waals surface area contributed by atoms with Gasteiger partial charge in [-0.15, -0.1) is 0 Å². The van der Waals surface area contributed by atoms with Gasteiger partial charge in [0.1, 0.15) is 11.4 Å². The van der Waals surface area contributed by atoms with Gasteiger partial charge in [-0.3, -0.25) is 14.5 Å². The van der Waals surface area contributed by atoms with Gasteiger partial charge >= 0.3 is 0 Å². The maximum Gasteiger partial charge on any atom is 0.278 e. The van der Waals surface area contributed by atoms with Crippen LogP contribution in [-0.4, -0.2) is 23.8 Å². The summed E-state index contributed by atoms with van der Waals surface area (Å²) in [6, 6.07) is 24.7. The minimum absolute atomic E-state index is 0.0255. The molecule has 0 radical (unpaired) electrons. The van der Waals surface area contributed by atoms with E-state index in [1.807, 2.05) is 78.9 Å². The number of nitrogens with zero attached hydrogens (tertiary/aromatic N) is 1. The van der Waals surface area contributed by atoms with Gasteiger partial charge in [0.05, 0.1) is 19.2 Å². The van der Waals surface area contributed by atoms with E-state index in [1.54, 1.807) is 7.11 Å². The number of para-hydroxylation sites is 1. The number of methoxy groups -OCH3 is 1. The topological polar surface area (TPSA) is 58.6 Å². The largest absolute Gasteiger partial charge is 0.496 e. The third-order valence-corrected chi connectivity index (χ3v) is 5.77. The average molecular weight is 441 g/mol. The van der Waals surface area contributed by atoms with Crippen LogP contribution in [0, 0.1) is 0 Å². The molecule has 0 saturated heterocycles. The van der Waals surface area contributed by atoms with E-state index in [0.29, 0.717) is 16.9 Å². The lowest BCUT2D eigenvalue weighted by Gasteiger charge is -2.19. The zero-order chi connectivity index (χ0) is 23.6. The number of ether oxygens (including phenoxy) is 1. The number of carbonyl (C=O) groups is 2. The molecular formula is C28H28N2O3. The normalized spacial score (nSPS) is 14.1. The first-order valence-electron chi connectivity index (χ1n) is 10.9. The number of nitrogens with one attached hydrogen (secondary N) is 1. The SMILES string of the molecule is COc1ccccc1CN1C(=O)C(Nc2ccc(C(C)(C)C)cc2)=C(c2ccccc2)C1=O. The number of anilines is 1. The second-order valence-electron chi connectivity index (χ2n) is 9.08. The summed E-state index contributed by atoms with van der Waals surface area (Å²) < 4.78 is 5.42. The number of carbonyl (C=O) groups excluding carboxylic acids is 2. The standard InChI is InChI=1S/C28H28N2O3/c1-28(2,3)21-14-16-22(17-15-21)29-25-24(19-10-6-5-7-11-19)26(31)30(27(25)32)18-20-12-8-9-13-23(20)33-4/h5-17,29H,18H2,1-4H3. The van der Waals surface area contributed by atoms with Gasteiger partial charge < -0.3 is 10.1 Å². The number of rotatable bonds is 6. The minimum Gasteiger partial charge on any atom is -0.496 e. The number of imide groups is 1. The Bertz CT molecular complexity index is 1210. The van der Waals surface area contributed by atoms with Crippen molar-refractivity contribution in [2.75, 3.05) is 12.4 Å². The molecule has 1 aliphatic rings. The van der Waals surface area contributed by atoms with Crippen molar-refractivity contribution in [2.24, 2.45) is 0 Å². The van der Waals surface area contributed by atoms with Crippen molar-refractivity contribution < 1.29 is 14.3 Å². The predicted molar refractivity (Wildman–Crippen MR) is 131 cm³/mol. The smallest absolute Gasteiger partial charge is 0.278 e. The quantitative estimate of drug-likeness (QED) is 0.523. The Kier molecular flexibility index (Phi) is 6.05. The summed E-state index contributed by atoms with van der Waals surface area (Å²) in [4.78, 5) is 28.2. The zero-order valence-corrected chi connectivity index (χ0v) is 19.4. The van der Waals surface area contributed by atoms with Crippen molar-refractivity contribution in [3.63, 3.8) is 0 Å². The molecule has 0 spiro atoms. The van der Waals surface area contributed by atoms with Crippen LogP contribution in [0.4, 0.5) is 5.69 Å². The van der Waals surface area contributed by atoms with Crippen LogP contribution in [0.2, 0.25) is 0 Å². The number of benzene rings is 3. The molecule has 1 heterocycles.